The molecule has 0 fully saturated rings. The van der Waals surface area contributed by atoms with E-state index in [1.165, 1.54) is 52.9 Å². The molecule has 2 aliphatic rings. The van der Waals surface area contributed by atoms with E-state index in [0.717, 1.165) is 6.42 Å². The fraction of sp³-hybridized carbons (Fsp3) is 0.364. The maximum absolute atomic E-state index is 2.48. The molecule has 23 heavy (non-hydrogen) atoms. The topological polar surface area (TPSA) is 3.24 Å². The molecule has 1 unspecified atom stereocenters. The van der Waals surface area contributed by atoms with E-state index in [-0.39, 0.29) is 5.41 Å². The normalized spacial score (nSPS) is 22.6. The Kier molecular flexibility index (Phi) is 3.33. The Morgan fingerprint density at radius 2 is 1.91 bits per heavy atom. The number of benzene rings is 2. The van der Waals surface area contributed by atoms with E-state index in [1.807, 2.05) is 0 Å². The van der Waals surface area contributed by atoms with Crippen molar-refractivity contribution in [1.82, 2.24) is 0 Å². The van der Waals surface area contributed by atoms with Crippen molar-refractivity contribution in [3.63, 3.8) is 0 Å². The zero-order valence-corrected chi connectivity index (χ0v) is 14.4. The molecule has 118 valence electrons. The van der Waals surface area contributed by atoms with Crippen molar-refractivity contribution in [2.75, 3.05) is 11.9 Å². The Bertz CT molecular complexity index is 786. The van der Waals surface area contributed by atoms with E-state index in [2.05, 4.69) is 74.3 Å². The molecule has 2 aromatic rings. The number of nitrogens with zero attached hydrogens (tertiary/aromatic N) is 1. The molecule has 0 amide bonds. The van der Waals surface area contributed by atoms with Crippen LogP contribution in [0, 0.1) is 13.8 Å². The summed E-state index contributed by atoms with van der Waals surface area (Å²) in [5.74, 6) is 0. The first kappa shape index (κ1) is 14.6. The zero-order chi connectivity index (χ0) is 16.0. The number of aryl methyl sites for hydroxylation is 2. The fourth-order valence-electron chi connectivity index (χ4n) is 4.64. The second kappa shape index (κ2) is 5.26. The third-order valence-electron chi connectivity index (χ3n) is 5.77. The summed E-state index contributed by atoms with van der Waals surface area (Å²) >= 11 is 0. The highest BCUT2D eigenvalue weighted by molar-refractivity contribution is 5.71. The van der Waals surface area contributed by atoms with Crippen LogP contribution in [0.5, 0.6) is 0 Å². The lowest BCUT2D eigenvalue weighted by Crippen LogP contribution is -2.34. The summed E-state index contributed by atoms with van der Waals surface area (Å²) in [6.07, 6.45) is 7.35. The van der Waals surface area contributed by atoms with Gasteiger partial charge in [0.05, 0.1) is 0 Å². The van der Waals surface area contributed by atoms with Crippen LogP contribution in [0.15, 0.2) is 54.2 Å². The first-order valence-electron chi connectivity index (χ1n) is 8.72. The van der Waals surface area contributed by atoms with Gasteiger partial charge in [0.2, 0.25) is 0 Å². The predicted octanol–water partition coefficient (Wildman–Crippen LogP) is 5.30. The number of rotatable bonds is 2. The molecule has 0 bridgehead atoms. The third kappa shape index (κ3) is 2.14. The number of likely N-dealkylation sites (N-methyl/N-ethyl adjacent to an activating group) is 1. The first-order valence-corrected chi connectivity index (χ1v) is 8.72. The molecule has 0 spiro atoms. The quantitative estimate of drug-likeness (QED) is 0.727. The lowest BCUT2D eigenvalue weighted by molar-refractivity contribution is 0.432. The summed E-state index contributed by atoms with van der Waals surface area (Å²) in [6, 6.07) is 15.9. The minimum atomic E-state index is 0.170. The molecular formula is C22H25N. The van der Waals surface area contributed by atoms with Gasteiger partial charge in [0.25, 0.3) is 0 Å². The number of hydrogen-bond acceptors (Lipinski definition) is 1. The van der Waals surface area contributed by atoms with Crippen LogP contribution in [-0.4, -0.2) is 7.05 Å². The van der Waals surface area contributed by atoms with E-state index in [9.17, 15) is 0 Å². The monoisotopic (exact) mass is 303 g/mol. The second-order valence-electron chi connectivity index (χ2n) is 7.25. The average Bonchev–Trinajstić information content (AvgIpc) is 2.81. The minimum Gasteiger partial charge on any atom is -0.347 e. The first-order chi connectivity index (χ1) is 11.1. The van der Waals surface area contributed by atoms with Gasteiger partial charge in [-0.2, -0.15) is 0 Å². The van der Waals surface area contributed by atoms with Crippen LogP contribution in [-0.2, 0) is 11.8 Å². The van der Waals surface area contributed by atoms with E-state index >= 15 is 0 Å². The van der Waals surface area contributed by atoms with Crippen LogP contribution in [0.25, 0.3) is 0 Å². The highest BCUT2D eigenvalue weighted by Crippen LogP contribution is 2.53. The summed E-state index contributed by atoms with van der Waals surface area (Å²) in [7, 11) is 2.24. The predicted molar refractivity (Wildman–Crippen MR) is 98.1 cm³/mol. The molecule has 4 rings (SSSR count). The molecule has 1 atom stereocenters. The number of fused-ring (bicyclic) bond motifs is 3. The van der Waals surface area contributed by atoms with Crippen LogP contribution in [0.4, 0.5) is 5.69 Å². The van der Waals surface area contributed by atoms with Crippen molar-refractivity contribution >= 4 is 5.69 Å². The summed E-state index contributed by atoms with van der Waals surface area (Å²) in [5.41, 5.74) is 8.88. The van der Waals surface area contributed by atoms with Gasteiger partial charge < -0.3 is 4.90 Å². The molecule has 0 N–H and O–H groups in total. The fourth-order valence-corrected chi connectivity index (χ4v) is 4.64. The maximum Gasteiger partial charge on any atom is 0.0448 e. The third-order valence-corrected chi connectivity index (χ3v) is 5.77. The van der Waals surface area contributed by atoms with Gasteiger partial charge in [-0.05, 0) is 62.3 Å². The van der Waals surface area contributed by atoms with Crippen molar-refractivity contribution in [2.24, 2.45) is 0 Å². The lowest BCUT2D eigenvalue weighted by atomic mass is 9.68. The molecule has 1 heteroatoms. The molecule has 0 aromatic heterocycles. The molecule has 0 saturated heterocycles. The Hall–Kier alpha value is -2.02. The molecule has 1 aliphatic heterocycles. The summed E-state index contributed by atoms with van der Waals surface area (Å²) < 4.78 is 0. The molecule has 2 aromatic carbocycles. The van der Waals surface area contributed by atoms with Gasteiger partial charge in [0.15, 0.2) is 0 Å². The van der Waals surface area contributed by atoms with Crippen LogP contribution in [0.2, 0.25) is 0 Å². The van der Waals surface area contributed by atoms with Crippen molar-refractivity contribution < 1.29 is 0 Å². The summed E-state index contributed by atoms with van der Waals surface area (Å²) in [4.78, 5) is 2.43. The highest BCUT2D eigenvalue weighted by atomic mass is 15.2. The van der Waals surface area contributed by atoms with E-state index < -0.39 is 0 Å². The average molecular weight is 303 g/mol. The van der Waals surface area contributed by atoms with E-state index in [4.69, 9.17) is 0 Å². The lowest BCUT2D eigenvalue weighted by Gasteiger charge is -2.36. The van der Waals surface area contributed by atoms with Crippen LogP contribution >= 0.6 is 0 Å². The van der Waals surface area contributed by atoms with Gasteiger partial charge in [-0.3, -0.25) is 0 Å². The van der Waals surface area contributed by atoms with Crippen LogP contribution < -0.4 is 4.90 Å². The molecule has 0 radical (unpaired) electrons. The Morgan fingerprint density at radius 1 is 1.09 bits per heavy atom. The van der Waals surface area contributed by atoms with Crippen molar-refractivity contribution in [1.29, 1.82) is 0 Å². The number of para-hydroxylation sites is 1. The Labute approximate surface area is 139 Å². The SMILES string of the molecule is Cc1ccc(CC23CCCC=C2N(C)c2ccccc23)c(C)c1. The minimum absolute atomic E-state index is 0.170. The van der Waals surface area contributed by atoms with Crippen molar-refractivity contribution in [3.8, 4) is 0 Å². The van der Waals surface area contributed by atoms with Gasteiger partial charge >= 0.3 is 0 Å². The van der Waals surface area contributed by atoms with Gasteiger partial charge in [-0.1, -0.05) is 48.0 Å². The Balaban J connectivity index is 1.86. The second-order valence-corrected chi connectivity index (χ2v) is 7.25. The number of allylic oxidation sites excluding steroid dienone is 2. The maximum atomic E-state index is 2.48. The van der Waals surface area contributed by atoms with E-state index in [1.54, 1.807) is 0 Å². The Morgan fingerprint density at radius 3 is 2.74 bits per heavy atom. The van der Waals surface area contributed by atoms with Crippen LogP contribution in [0.3, 0.4) is 0 Å². The molecule has 1 nitrogen and oxygen atoms in total. The molecule has 1 aliphatic carbocycles. The van der Waals surface area contributed by atoms with Crippen molar-refractivity contribution in [2.45, 2.75) is 44.9 Å². The zero-order valence-electron chi connectivity index (χ0n) is 14.4. The van der Waals surface area contributed by atoms with Gasteiger partial charge in [0.1, 0.15) is 0 Å². The van der Waals surface area contributed by atoms with Gasteiger partial charge in [-0.25, -0.2) is 0 Å². The summed E-state index contributed by atoms with van der Waals surface area (Å²) in [6.45, 7) is 4.44. The van der Waals surface area contributed by atoms with E-state index in [0.29, 0.717) is 0 Å². The molecule has 1 heterocycles. The molecular weight excluding hydrogens is 278 g/mol. The number of hydrogen-bond donors (Lipinski definition) is 0. The van der Waals surface area contributed by atoms with Gasteiger partial charge in [-0.15, -0.1) is 0 Å². The highest BCUT2D eigenvalue weighted by Gasteiger charge is 2.46. The van der Waals surface area contributed by atoms with Gasteiger partial charge in [0, 0.05) is 23.8 Å². The van der Waals surface area contributed by atoms with Crippen LogP contribution in [0.1, 0.15) is 41.5 Å². The summed E-state index contributed by atoms with van der Waals surface area (Å²) in [5, 5.41) is 0. The largest absolute Gasteiger partial charge is 0.347 e. The van der Waals surface area contributed by atoms with Crippen molar-refractivity contribution in [3.05, 3.63) is 76.5 Å². The standard InChI is InChI=1S/C22H25N/c1-16-11-12-18(17(2)14-16)15-22-13-7-6-10-21(22)23(3)20-9-5-4-8-19(20)22/h4-5,8-12,14H,6-7,13,15H2,1-3H3. The molecule has 0 saturated carbocycles. The smallest absolute Gasteiger partial charge is 0.0448 e. The number of anilines is 1.